The first-order chi connectivity index (χ1) is 24.8. The van der Waals surface area contributed by atoms with Gasteiger partial charge < -0.3 is 0 Å². The molecule has 0 unspecified atom stereocenters. The fraction of sp³-hybridized carbons (Fsp3) is 0. The Bertz CT molecular complexity index is 3090. The van der Waals surface area contributed by atoms with E-state index in [1.165, 1.54) is 115 Å². The molecule has 1 nitrogen and oxygen atoms in total. The molecular weight excluding hydrogens is 603 g/mol. The Balaban J connectivity index is 1.26. The summed E-state index contributed by atoms with van der Waals surface area (Å²) in [7, 11) is 0. The van der Waals surface area contributed by atoms with Crippen LogP contribution in [0, 0.1) is 0 Å². The van der Waals surface area contributed by atoms with Gasteiger partial charge in [0.05, 0.1) is 5.52 Å². The van der Waals surface area contributed by atoms with Gasteiger partial charge in [0.25, 0.3) is 0 Å². The molecule has 0 radical (unpaired) electrons. The summed E-state index contributed by atoms with van der Waals surface area (Å²) >= 11 is 0. The summed E-state index contributed by atoms with van der Waals surface area (Å²) in [6.45, 7) is 0. The van der Waals surface area contributed by atoms with Crippen LogP contribution in [0.15, 0.2) is 164 Å². The molecule has 228 valence electrons. The number of para-hydroxylation sites is 1. The molecule has 0 saturated heterocycles. The Morgan fingerprint density at radius 1 is 0.240 bits per heavy atom. The van der Waals surface area contributed by atoms with Crippen molar-refractivity contribution in [3.63, 3.8) is 0 Å². The second kappa shape index (κ2) is 9.53. The topological polar surface area (TPSA) is 12.9 Å². The van der Waals surface area contributed by atoms with E-state index < -0.39 is 0 Å². The van der Waals surface area contributed by atoms with Crippen LogP contribution in [-0.4, -0.2) is 4.98 Å². The van der Waals surface area contributed by atoms with E-state index in [1.54, 1.807) is 0 Å². The van der Waals surface area contributed by atoms with Crippen molar-refractivity contribution in [2.24, 2.45) is 0 Å². The summed E-state index contributed by atoms with van der Waals surface area (Å²) < 4.78 is 0. The molecule has 50 heavy (non-hydrogen) atoms. The third-order valence-corrected chi connectivity index (χ3v) is 11.4. The van der Waals surface area contributed by atoms with Crippen LogP contribution in [0.4, 0.5) is 0 Å². The average Bonchev–Trinajstić information content (AvgIpc) is 3.69. The van der Waals surface area contributed by atoms with Crippen LogP contribution in [0.25, 0.3) is 121 Å². The molecule has 9 aromatic carbocycles. The molecule has 0 bridgehead atoms. The molecular formula is C49H27N. The maximum Gasteiger partial charge on any atom is 0.0708 e. The lowest BCUT2D eigenvalue weighted by atomic mass is 9.82. The van der Waals surface area contributed by atoms with Crippen molar-refractivity contribution in [1.29, 1.82) is 0 Å². The molecule has 0 atom stereocenters. The van der Waals surface area contributed by atoms with Crippen molar-refractivity contribution in [2.45, 2.75) is 0 Å². The number of rotatable bonds is 2. The summed E-state index contributed by atoms with van der Waals surface area (Å²) in [6, 6.07) is 58.4. The molecule has 1 aromatic heterocycles. The van der Waals surface area contributed by atoms with Crippen molar-refractivity contribution in [1.82, 2.24) is 4.98 Å². The largest absolute Gasteiger partial charge is 0.256 e. The van der Waals surface area contributed by atoms with Crippen molar-refractivity contribution in [2.75, 3.05) is 0 Å². The minimum absolute atomic E-state index is 1.01. The molecule has 1 heterocycles. The minimum atomic E-state index is 1.01. The van der Waals surface area contributed by atoms with E-state index in [0.29, 0.717) is 0 Å². The number of hydrogen-bond acceptors (Lipinski definition) is 1. The Morgan fingerprint density at radius 2 is 0.640 bits per heavy atom. The molecule has 2 aliphatic rings. The fourth-order valence-corrected chi connectivity index (χ4v) is 9.42. The van der Waals surface area contributed by atoms with Crippen molar-refractivity contribution in [3.8, 4) is 66.8 Å². The first-order valence-corrected chi connectivity index (χ1v) is 17.4. The Morgan fingerprint density at radius 3 is 1.22 bits per heavy atom. The maximum atomic E-state index is 5.12. The van der Waals surface area contributed by atoms with Gasteiger partial charge in [0.1, 0.15) is 0 Å². The molecule has 0 amide bonds. The third-order valence-electron chi connectivity index (χ3n) is 11.4. The Kier molecular flexibility index (Phi) is 5.03. The zero-order valence-electron chi connectivity index (χ0n) is 27.0. The Labute approximate surface area is 288 Å². The lowest BCUT2D eigenvalue weighted by Gasteiger charge is -2.21. The first-order valence-electron chi connectivity index (χ1n) is 17.4. The van der Waals surface area contributed by atoms with Gasteiger partial charge in [-0.3, -0.25) is 4.98 Å². The summed E-state index contributed by atoms with van der Waals surface area (Å²) in [6.07, 6.45) is 2.14. The summed E-state index contributed by atoms with van der Waals surface area (Å²) in [5, 5.41) is 11.4. The fourth-order valence-electron chi connectivity index (χ4n) is 9.42. The van der Waals surface area contributed by atoms with Crippen LogP contribution >= 0.6 is 0 Å². The number of hydrogen-bond donors (Lipinski definition) is 0. The molecule has 0 N–H and O–H groups in total. The lowest BCUT2D eigenvalue weighted by Crippen LogP contribution is -1.95. The van der Waals surface area contributed by atoms with Gasteiger partial charge in [-0.25, -0.2) is 0 Å². The van der Waals surface area contributed by atoms with E-state index in [1.807, 2.05) is 0 Å². The zero-order valence-corrected chi connectivity index (χ0v) is 27.0. The number of nitrogens with zero attached hydrogens (tertiary/aromatic N) is 1. The second-order valence-corrected chi connectivity index (χ2v) is 13.7. The molecule has 12 rings (SSSR count). The number of pyridine rings is 1. The van der Waals surface area contributed by atoms with Crippen LogP contribution in [0.3, 0.4) is 0 Å². The smallest absolute Gasteiger partial charge is 0.0708 e. The molecule has 0 fully saturated rings. The van der Waals surface area contributed by atoms with E-state index in [2.05, 4.69) is 164 Å². The van der Waals surface area contributed by atoms with Crippen LogP contribution in [0.2, 0.25) is 0 Å². The van der Waals surface area contributed by atoms with E-state index >= 15 is 0 Å². The second-order valence-electron chi connectivity index (χ2n) is 13.7. The van der Waals surface area contributed by atoms with Gasteiger partial charge in [0.15, 0.2) is 0 Å². The molecule has 0 aliphatic heterocycles. The summed E-state index contributed by atoms with van der Waals surface area (Å²) in [5.41, 5.74) is 16.6. The lowest BCUT2D eigenvalue weighted by molar-refractivity contribution is 1.45. The van der Waals surface area contributed by atoms with E-state index in [0.717, 1.165) is 5.52 Å². The quantitative estimate of drug-likeness (QED) is 0.137. The Hall–Kier alpha value is -6.57. The van der Waals surface area contributed by atoms with E-state index in [-0.39, 0.29) is 0 Å². The highest BCUT2D eigenvalue weighted by atomic mass is 14.7. The molecule has 1 heteroatoms. The van der Waals surface area contributed by atoms with Gasteiger partial charge in [0.2, 0.25) is 0 Å². The van der Waals surface area contributed by atoms with Gasteiger partial charge in [-0.15, -0.1) is 0 Å². The monoisotopic (exact) mass is 629 g/mol. The summed E-state index contributed by atoms with van der Waals surface area (Å²) in [5.74, 6) is 0. The third kappa shape index (κ3) is 3.25. The number of benzene rings is 9. The maximum absolute atomic E-state index is 5.12. The van der Waals surface area contributed by atoms with E-state index in [4.69, 9.17) is 4.98 Å². The SMILES string of the molecule is c1ccc2c(c1)-c1cccc3c(-c4c5ccccc5c(-c5ccc6c7c(cccc57)-c5ccccc5-6)c5c4cnc4ccccc45)ccc-2c13. The van der Waals surface area contributed by atoms with Crippen LogP contribution in [-0.2, 0) is 0 Å². The van der Waals surface area contributed by atoms with Crippen LogP contribution in [0.5, 0.6) is 0 Å². The van der Waals surface area contributed by atoms with Crippen LogP contribution < -0.4 is 0 Å². The highest BCUT2D eigenvalue weighted by molar-refractivity contribution is 6.32. The van der Waals surface area contributed by atoms with Gasteiger partial charge in [0, 0.05) is 22.4 Å². The molecule has 0 spiro atoms. The zero-order chi connectivity index (χ0) is 32.5. The van der Waals surface area contributed by atoms with E-state index in [9.17, 15) is 0 Å². The molecule has 2 aliphatic carbocycles. The van der Waals surface area contributed by atoms with Gasteiger partial charge in [-0.2, -0.15) is 0 Å². The van der Waals surface area contributed by atoms with Gasteiger partial charge in [-0.1, -0.05) is 152 Å². The van der Waals surface area contributed by atoms with Gasteiger partial charge >= 0.3 is 0 Å². The first kappa shape index (κ1) is 26.4. The van der Waals surface area contributed by atoms with Crippen molar-refractivity contribution in [3.05, 3.63) is 164 Å². The highest BCUT2D eigenvalue weighted by Gasteiger charge is 2.27. The average molecular weight is 630 g/mol. The number of fused-ring (bicyclic) bond motifs is 10. The molecule has 0 saturated carbocycles. The predicted octanol–water partition coefficient (Wildman–Crippen LogP) is 13.5. The minimum Gasteiger partial charge on any atom is -0.256 e. The standard InChI is InChI=1S/C49H27N/c1-3-13-30-28(11-1)32-18-9-20-35-40(25-23-38(30)45(32)35)47-34-15-5-6-16-37(34)48(49-42-17-7-8-22-44(42)50-27-43(47)49)41-26-24-39-31-14-4-2-12-29(31)33-19-10-21-36(41)46(33)39/h1-27H. The number of aromatic nitrogens is 1. The highest BCUT2D eigenvalue weighted by Crippen LogP contribution is 2.54. The summed E-state index contributed by atoms with van der Waals surface area (Å²) in [4.78, 5) is 5.12. The van der Waals surface area contributed by atoms with Gasteiger partial charge in [-0.05, 0) is 105 Å². The predicted molar refractivity (Wildman–Crippen MR) is 211 cm³/mol. The molecule has 10 aromatic rings. The van der Waals surface area contributed by atoms with Crippen LogP contribution in [0.1, 0.15) is 0 Å². The van der Waals surface area contributed by atoms with Crippen molar-refractivity contribution >= 4 is 54.0 Å². The van der Waals surface area contributed by atoms with Crippen molar-refractivity contribution < 1.29 is 0 Å². The normalized spacial score (nSPS) is 12.4.